The number of nitrogens with two attached hydrogens (primary N) is 1. The summed E-state index contributed by atoms with van der Waals surface area (Å²) >= 11 is 0. The molecule has 0 saturated carbocycles. The molecule has 1 amide bonds. The van der Waals surface area contributed by atoms with E-state index in [9.17, 15) is 4.79 Å². The number of halogens is 1. The number of nitrogens with zero attached hydrogens (tertiary/aromatic N) is 3. The number of amides is 1. The van der Waals surface area contributed by atoms with Gasteiger partial charge in [0, 0.05) is 31.8 Å². The third-order valence-electron chi connectivity index (χ3n) is 4.68. The van der Waals surface area contributed by atoms with Crippen molar-refractivity contribution in [3.63, 3.8) is 0 Å². The van der Waals surface area contributed by atoms with Crippen molar-refractivity contribution in [1.82, 2.24) is 15.0 Å². The van der Waals surface area contributed by atoms with E-state index in [-0.39, 0.29) is 18.3 Å². The van der Waals surface area contributed by atoms with Crippen molar-refractivity contribution in [2.75, 3.05) is 19.6 Å². The first-order chi connectivity index (χ1) is 11.7. The molecule has 1 aromatic heterocycles. The summed E-state index contributed by atoms with van der Waals surface area (Å²) in [5.41, 5.74) is 7.20. The number of rotatable bonds is 6. The topological polar surface area (TPSA) is 85.2 Å². The Kier molecular flexibility index (Phi) is 6.96. The average Bonchev–Trinajstić information content (AvgIpc) is 3.22. The summed E-state index contributed by atoms with van der Waals surface area (Å²) in [6.07, 6.45) is 1.86. The minimum atomic E-state index is 0. The Hall–Kier alpha value is -1.92. The van der Waals surface area contributed by atoms with Crippen LogP contribution < -0.4 is 5.73 Å². The van der Waals surface area contributed by atoms with Crippen molar-refractivity contribution < 1.29 is 9.32 Å². The van der Waals surface area contributed by atoms with Crippen LogP contribution in [0.25, 0.3) is 0 Å². The number of likely N-dealkylation sites (tertiary alicyclic amines) is 1. The molecule has 136 valence electrons. The highest BCUT2D eigenvalue weighted by Gasteiger charge is 2.34. The Morgan fingerprint density at radius 3 is 2.72 bits per heavy atom. The van der Waals surface area contributed by atoms with Crippen LogP contribution in [0.15, 0.2) is 34.9 Å². The average molecular weight is 365 g/mol. The van der Waals surface area contributed by atoms with Crippen LogP contribution in [-0.2, 0) is 11.2 Å². The second kappa shape index (κ2) is 8.97. The molecular weight excluding hydrogens is 340 g/mol. The SMILES string of the molecule is Cc1noc(CCCC(=O)N2C[C@@H](CN)[C@H](c3ccccc3)C2)n1.Cl. The van der Waals surface area contributed by atoms with Crippen molar-refractivity contribution >= 4 is 18.3 Å². The van der Waals surface area contributed by atoms with Crippen molar-refractivity contribution in [2.24, 2.45) is 11.7 Å². The van der Waals surface area contributed by atoms with E-state index in [1.165, 1.54) is 5.56 Å². The molecule has 7 heteroatoms. The maximum atomic E-state index is 12.5. The minimum Gasteiger partial charge on any atom is -0.342 e. The van der Waals surface area contributed by atoms with Crippen LogP contribution in [-0.4, -0.2) is 40.6 Å². The maximum absolute atomic E-state index is 12.5. The first-order valence-corrected chi connectivity index (χ1v) is 8.49. The van der Waals surface area contributed by atoms with Gasteiger partial charge in [-0.15, -0.1) is 12.4 Å². The number of hydrogen-bond donors (Lipinski definition) is 1. The van der Waals surface area contributed by atoms with Gasteiger partial charge in [-0.3, -0.25) is 4.79 Å². The summed E-state index contributed by atoms with van der Waals surface area (Å²) in [6, 6.07) is 10.3. The zero-order chi connectivity index (χ0) is 16.9. The molecule has 25 heavy (non-hydrogen) atoms. The molecule has 1 aliphatic heterocycles. The molecule has 1 fully saturated rings. The lowest BCUT2D eigenvalue weighted by Crippen LogP contribution is -2.29. The van der Waals surface area contributed by atoms with Gasteiger partial charge in [-0.25, -0.2) is 0 Å². The number of aryl methyl sites for hydroxylation is 2. The normalized spacial score (nSPS) is 19.7. The van der Waals surface area contributed by atoms with Crippen molar-refractivity contribution in [2.45, 2.75) is 32.1 Å². The molecule has 3 rings (SSSR count). The van der Waals surface area contributed by atoms with Crippen LogP contribution in [0, 0.1) is 12.8 Å². The second-order valence-electron chi connectivity index (χ2n) is 6.40. The van der Waals surface area contributed by atoms with E-state index in [2.05, 4.69) is 22.3 Å². The fraction of sp³-hybridized carbons (Fsp3) is 0.500. The molecule has 1 aromatic carbocycles. The van der Waals surface area contributed by atoms with Crippen molar-refractivity contribution in [3.8, 4) is 0 Å². The summed E-state index contributed by atoms with van der Waals surface area (Å²) < 4.78 is 5.08. The van der Waals surface area contributed by atoms with Gasteiger partial charge in [0.15, 0.2) is 5.82 Å². The second-order valence-corrected chi connectivity index (χ2v) is 6.40. The molecule has 0 spiro atoms. The van der Waals surface area contributed by atoms with Crippen LogP contribution >= 0.6 is 12.4 Å². The molecule has 2 atom stereocenters. The van der Waals surface area contributed by atoms with E-state index >= 15 is 0 Å². The lowest BCUT2D eigenvalue weighted by atomic mass is 9.89. The van der Waals surface area contributed by atoms with Crippen molar-refractivity contribution in [3.05, 3.63) is 47.6 Å². The van der Waals surface area contributed by atoms with Crippen LogP contribution in [0.3, 0.4) is 0 Å². The number of aromatic nitrogens is 2. The summed E-state index contributed by atoms with van der Waals surface area (Å²) in [5, 5.41) is 3.76. The third kappa shape index (κ3) is 4.80. The molecular formula is C18H25ClN4O2. The quantitative estimate of drug-likeness (QED) is 0.850. The molecule has 0 aliphatic carbocycles. The number of carbonyl (C=O) groups excluding carboxylic acids is 1. The highest BCUT2D eigenvalue weighted by molar-refractivity contribution is 5.85. The van der Waals surface area contributed by atoms with Crippen LogP contribution in [0.1, 0.15) is 36.0 Å². The number of carbonyl (C=O) groups is 1. The van der Waals surface area contributed by atoms with E-state index in [0.29, 0.717) is 42.9 Å². The molecule has 0 unspecified atom stereocenters. The van der Waals surface area contributed by atoms with Crippen LogP contribution in [0.2, 0.25) is 0 Å². The predicted octanol–water partition coefficient (Wildman–Crippen LogP) is 2.32. The van der Waals surface area contributed by atoms with Gasteiger partial charge in [-0.2, -0.15) is 4.98 Å². The predicted molar refractivity (Wildman–Crippen MR) is 97.5 cm³/mol. The Morgan fingerprint density at radius 1 is 1.32 bits per heavy atom. The largest absolute Gasteiger partial charge is 0.342 e. The fourth-order valence-electron chi connectivity index (χ4n) is 3.38. The Labute approximate surface area is 154 Å². The van der Waals surface area contributed by atoms with Gasteiger partial charge in [0.05, 0.1) is 0 Å². The molecule has 0 radical (unpaired) electrons. The van der Waals surface area contributed by atoms with E-state index in [1.54, 1.807) is 6.92 Å². The van der Waals surface area contributed by atoms with E-state index in [4.69, 9.17) is 10.3 Å². The Balaban J connectivity index is 0.00000225. The first-order valence-electron chi connectivity index (χ1n) is 8.49. The standard InChI is InChI=1S/C18H24N4O2.ClH/c1-13-20-17(24-21-13)8-5-9-18(23)22-11-15(10-19)16(12-22)14-6-3-2-4-7-14;/h2-4,6-7,15-16H,5,8-12,19H2,1H3;1H/t15-,16+;/m1./s1. The molecule has 0 bridgehead atoms. The number of hydrogen-bond acceptors (Lipinski definition) is 5. The summed E-state index contributed by atoms with van der Waals surface area (Å²) in [7, 11) is 0. The van der Waals surface area contributed by atoms with Gasteiger partial charge in [0.2, 0.25) is 11.8 Å². The highest BCUT2D eigenvalue weighted by Crippen LogP contribution is 2.32. The lowest BCUT2D eigenvalue weighted by molar-refractivity contribution is -0.130. The zero-order valence-corrected chi connectivity index (χ0v) is 15.2. The van der Waals surface area contributed by atoms with Gasteiger partial charge in [0.25, 0.3) is 0 Å². The molecule has 6 nitrogen and oxygen atoms in total. The minimum absolute atomic E-state index is 0. The lowest BCUT2D eigenvalue weighted by Gasteiger charge is -2.16. The first kappa shape index (κ1) is 19.4. The van der Waals surface area contributed by atoms with Crippen LogP contribution in [0.4, 0.5) is 0 Å². The van der Waals surface area contributed by atoms with E-state index in [0.717, 1.165) is 19.5 Å². The maximum Gasteiger partial charge on any atom is 0.226 e. The van der Waals surface area contributed by atoms with Gasteiger partial charge in [-0.1, -0.05) is 35.5 Å². The Bertz CT molecular complexity index is 677. The summed E-state index contributed by atoms with van der Waals surface area (Å²) in [4.78, 5) is 18.6. The summed E-state index contributed by atoms with van der Waals surface area (Å²) in [5.74, 6) is 2.08. The zero-order valence-electron chi connectivity index (χ0n) is 14.4. The molecule has 1 saturated heterocycles. The summed E-state index contributed by atoms with van der Waals surface area (Å²) in [6.45, 7) is 3.89. The number of benzene rings is 1. The van der Waals surface area contributed by atoms with Gasteiger partial charge < -0.3 is 15.2 Å². The Morgan fingerprint density at radius 2 is 2.08 bits per heavy atom. The van der Waals surface area contributed by atoms with Gasteiger partial charge >= 0.3 is 0 Å². The van der Waals surface area contributed by atoms with Crippen LogP contribution in [0.5, 0.6) is 0 Å². The van der Waals surface area contributed by atoms with E-state index in [1.807, 2.05) is 23.1 Å². The highest BCUT2D eigenvalue weighted by atomic mass is 35.5. The fourth-order valence-corrected chi connectivity index (χ4v) is 3.38. The van der Waals surface area contributed by atoms with Gasteiger partial charge in [-0.05, 0) is 31.4 Å². The van der Waals surface area contributed by atoms with Crippen molar-refractivity contribution in [1.29, 1.82) is 0 Å². The van der Waals surface area contributed by atoms with E-state index < -0.39 is 0 Å². The monoisotopic (exact) mass is 364 g/mol. The molecule has 1 aliphatic rings. The molecule has 2 aromatic rings. The molecule has 2 N–H and O–H groups in total. The smallest absolute Gasteiger partial charge is 0.226 e. The van der Waals surface area contributed by atoms with Gasteiger partial charge in [0.1, 0.15) is 0 Å². The molecule has 2 heterocycles. The third-order valence-corrected chi connectivity index (χ3v) is 4.68.